The molecular weight excluding hydrogens is 397 g/mol. The van der Waals surface area contributed by atoms with Gasteiger partial charge < -0.3 is 19.9 Å². The molecule has 0 atom stereocenters. The average molecular weight is 434 g/mol. The number of benzene rings is 1. The molecule has 2 fully saturated rings. The molecule has 0 radical (unpaired) electrons. The van der Waals surface area contributed by atoms with Crippen LogP contribution in [0.15, 0.2) is 23.2 Å². The SMILES string of the molecule is CCOc1ccc(CNC(=NC)N2CCN(CC(=O)N3CCCCCC3)CC2)cc1F. The summed E-state index contributed by atoms with van der Waals surface area (Å²) < 4.78 is 19.3. The first-order chi connectivity index (χ1) is 15.1. The van der Waals surface area contributed by atoms with Crippen molar-refractivity contribution in [1.82, 2.24) is 20.0 Å². The second kappa shape index (κ2) is 11.9. The first-order valence-electron chi connectivity index (χ1n) is 11.5. The third-order valence-corrected chi connectivity index (χ3v) is 5.95. The molecule has 31 heavy (non-hydrogen) atoms. The van der Waals surface area contributed by atoms with Crippen molar-refractivity contribution in [2.45, 2.75) is 39.2 Å². The topological polar surface area (TPSA) is 60.4 Å². The molecule has 2 aliphatic heterocycles. The van der Waals surface area contributed by atoms with Crippen LogP contribution in [0.5, 0.6) is 5.75 Å². The predicted molar refractivity (Wildman–Crippen MR) is 121 cm³/mol. The molecular formula is C23H36FN5O2. The Morgan fingerprint density at radius 1 is 1.06 bits per heavy atom. The number of piperazine rings is 1. The molecule has 0 spiro atoms. The van der Waals surface area contributed by atoms with Crippen LogP contribution in [0.4, 0.5) is 4.39 Å². The van der Waals surface area contributed by atoms with Crippen molar-refractivity contribution in [1.29, 1.82) is 0 Å². The number of ether oxygens (including phenoxy) is 1. The zero-order valence-corrected chi connectivity index (χ0v) is 18.9. The van der Waals surface area contributed by atoms with Crippen molar-refractivity contribution < 1.29 is 13.9 Å². The summed E-state index contributed by atoms with van der Waals surface area (Å²) in [5.41, 5.74) is 0.837. The summed E-state index contributed by atoms with van der Waals surface area (Å²) in [5, 5.41) is 3.32. The van der Waals surface area contributed by atoms with Crippen molar-refractivity contribution in [2.24, 2.45) is 4.99 Å². The van der Waals surface area contributed by atoms with Crippen LogP contribution in [-0.4, -0.2) is 86.0 Å². The van der Waals surface area contributed by atoms with E-state index >= 15 is 0 Å². The molecule has 2 heterocycles. The fraction of sp³-hybridized carbons (Fsp3) is 0.652. The molecule has 1 N–H and O–H groups in total. The number of hydrogen-bond donors (Lipinski definition) is 1. The van der Waals surface area contributed by atoms with E-state index in [1.807, 2.05) is 17.9 Å². The second-order valence-corrected chi connectivity index (χ2v) is 8.16. The first kappa shape index (κ1) is 23.3. The number of carbonyl (C=O) groups excluding carboxylic acids is 1. The highest BCUT2D eigenvalue weighted by Gasteiger charge is 2.23. The summed E-state index contributed by atoms with van der Waals surface area (Å²) in [6.07, 6.45) is 4.72. The molecule has 0 saturated carbocycles. The standard InChI is InChI=1S/C23H36FN5O2/c1-3-31-21-9-8-19(16-20(21)24)17-26-23(25-2)29-14-12-27(13-15-29)18-22(30)28-10-6-4-5-7-11-28/h8-9,16H,3-7,10-15,17-18H2,1-2H3,(H,25,26). The maximum absolute atomic E-state index is 14.1. The zero-order valence-electron chi connectivity index (χ0n) is 18.9. The fourth-order valence-corrected chi connectivity index (χ4v) is 4.17. The number of amides is 1. The molecule has 0 aromatic heterocycles. The maximum atomic E-state index is 14.1. The van der Waals surface area contributed by atoms with Crippen LogP contribution in [0, 0.1) is 5.82 Å². The normalized spacial score (nSPS) is 18.6. The molecule has 1 amide bonds. The van der Waals surface area contributed by atoms with E-state index in [4.69, 9.17) is 4.74 Å². The van der Waals surface area contributed by atoms with Crippen molar-refractivity contribution >= 4 is 11.9 Å². The number of nitrogens with one attached hydrogen (secondary N) is 1. The van der Waals surface area contributed by atoms with Gasteiger partial charge in [-0.3, -0.25) is 14.7 Å². The number of aliphatic imine (C=N–C) groups is 1. The molecule has 172 valence electrons. The number of rotatable bonds is 6. The van der Waals surface area contributed by atoms with Crippen molar-refractivity contribution in [3.8, 4) is 5.75 Å². The number of likely N-dealkylation sites (tertiary alicyclic amines) is 1. The highest BCUT2D eigenvalue weighted by molar-refractivity contribution is 5.80. The van der Waals surface area contributed by atoms with Gasteiger partial charge >= 0.3 is 0 Å². The average Bonchev–Trinajstić information content (AvgIpc) is 3.07. The van der Waals surface area contributed by atoms with Gasteiger partial charge in [0.1, 0.15) is 0 Å². The Kier molecular flexibility index (Phi) is 8.94. The van der Waals surface area contributed by atoms with Crippen molar-refractivity contribution in [3.05, 3.63) is 29.6 Å². The van der Waals surface area contributed by atoms with Crippen LogP contribution in [0.2, 0.25) is 0 Å². The lowest BCUT2D eigenvalue weighted by molar-refractivity contribution is -0.132. The van der Waals surface area contributed by atoms with Gasteiger partial charge in [0.25, 0.3) is 0 Å². The van der Waals surface area contributed by atoms with Gasteiger partial charge in [-0.2, -0.15) is 0 Å². The third-order valence-electron chi connectivity index (χ3n) is 5.95. The molecule has 0 unspecified atom stereocenters. The minimum absolute atomic E-state index is 0.260. The number of guanidine groups is 1. The molecule has 2 aliphatic rings. The summed E-state index contributed by atoms with van der Waals surface area (Å²) in [6.45, 7) is 8.36. The lowest BCUT2D eigenvalue weighted by atomic mass is 10.2. The second-order valence-electron chi connectivity index (χ2n) is 8.16. The van der Waals surface area contributed by atoms with Gasteiger partial charge in [-0.25, -0.2) is 4.39 Å². The van der Waals surface area contributed by atoms with E-state index < -0.39 is 0 Å². The van der Waals surface area contributed by atoms with Crippen LogP contribution < -0.4 is 10.1 Å². The largest absolute Gasteiger partial charge is 0.491 e. The lowest BCUT2D eigenvalue weighted by Crippen LogP contribution is -2.54. The Labute approximate surface area is 185 Å². The van der Waals surface area contributed by atoms with Crippen LogP contribution >= 0.6 is 0 Å². The molecule has 3 rings (SSSR count). The van der Waals surface area contributed by atoms with Gasteiger partial charge in [-0.05, 0) is 37.5 Å². The van der Waals surface area contributed by atoms with E-state index in [2.05, 4.69) is 20.1 Å². The third kappa shape index (κ3) is 6.82. The number of nitrogens with zero attached hydrogens (tertiary/aromatic N) is 4. The van der Waals surface area contributed by atoms with Gasteiger partial charge in [0, 0.05) is 52.9 Å². The summed E-state index contributed by atoms with van der Waals surface area (Å²) in [5.74, 6) is 0.989. The van der Waals surface area contributed by atoms with Gasteiger partial charge in [0.2, 0.25) is 5.91 Å². The van der Waals surface area contributed by atoms with Gasteiger partial charge in [-0.15, -0.1) is 0 Å². The molecule has 0 bridgehead atoms. The van der Waals surface area contributed by atoms with Crippen molar-refractivity contribution in [2.75, 3.05) is 59.5 Å². The Morgan fingerprint density at radius 2 is 1.77 bits per heavy atom. The fourth-order valence-electron chi connectivity index (χ4n) is 4.17. The zero-order chi connectivity index (χ0) is 22.1. The minimum Gasteiger partial charge on any atom is -0.491 e. The van der Waals surface area contributed by atoms with Crippen LogP contribution in [0.25, 0.3) is 0 Å². The Balaban J connectivity index is 1.44. The van der Waals surface area contributed by atoms with E-state index in [-0.39, 0.29) is 17.5 Å². The van der Waals surface area contributed by atoms with E-state index in [9.17, 15) is 9.18 Å². The van der Waals surface area contributed by atoms with E-state index in [0.717, 1.165) is 63.6 Å². The van der Waals surface area contributed by atoms with E-state index in [1.54, 1.807) is 13.1 Å². The number of halogens is 1. The summed E-state index contributed by atoms with van der Waals surface area (Å²) in [6, 6.07) is 5.02. The van der Waals surface area contributed by atoms with Gasteiger partial charge in [-0.1, -0.05) is 18.9 Å². The Bertz CT molecular complexity index is 741. The summed E-state index contributed by atoms with van der Waals surface area (Å²) in [4.78, 5) is 23.5. The predicted octanol–water partition coefficient (Wildman–Crippen LogP) is 2.32. The number of hydrogen-bond acceptors (Lipinski definition) is 4. The molecule has 0 aliphatic carbocycles. The smallest absolute Gasteiger partial charge is 0.236 e. The van der Waals surface area contributed by atoms with Gasteiger partial charge in [0.05, 0.1) is 13.2 Å². The summed E-state index contributed by atoms with van der Waals surface area (Å²) >= 11 is 0. The lowest BCUT2D eigenvalue weighted by Gasteiger charge is -2.37. The Hall–Kier alpha value is -2.35. The summed E-state index contributed by atoms with van der Waals surface area (Å²) in [7, 11) is 1.76. The molecule has 2 saturated heterocycles. The molecule has 7 nitrogen and oxygen atoms in total. The Morgan fingerprint density at radius 3 is 2.39 bits per heavy atom. The number of carbonyl (C=O) groups is 1. The van der Waals surface area contributed by atoms with E-state index in [1.165, 1.54) is 18.9 Å². The van der Waals surface area contributed by atoms with Crippen molar-refractivity contribution in [3.63, 3.8) is 0 Å². The maximum Gasteiger partial charge on any atom is 0.236 e. The van der Waals surface area contributed by atoms with Crippen LogP contribution in [0.1, 0.15) is 38.2 Å². The molecule has 1 aromatic rings. The molecule has 1 aromatic carbocycles. The highest BCUT2D eigenvalue weighted by atomic mass is 19.1. The monoisotopic (exact) mass is 433 g/mol. The quantitative estimate of drug-likeness (QED) is 0.551. The molecule has 8 heteroatoms. The van der Waals surface area contributed by atoms with Gasteiger partial charge in [0.15, 0.2) is 17.5 Å². The highest BCUT2D eigenvalue weighted by Crippen LogP contribution is 2.18. The van der Waals surface area contributed by atoms with E-state index in [0.29, 0.717) is 19.7 Å². The minimum atomic E-state index is -0.348. The first-order valence-corrected chi connectivity index (χ1v) is 11.5. The van der Waals surface area contributed by atoms with Crippen LogP contribution in [-0.2, 0) is 11.3 Å². The van der Waals surface area contributed by atoms with Crippen LogP contribution in [0.3, 0.4) is 0 Å².